The van der Waals surface area contributed by atoms with Gasteiger partial charge in [-0.05, 0) is 31.3 Å². The number of benzene rings is 1. The lowest BCUT2D eigenvalue weighted by molar-refractivity contribution is -0.0403. The molecule has 2 rings (SSSR count). The van der Waals surface area contributed by atoms with Gasteiger partial charge in [-0.2, -0.15) is 5.26 Å². The first kappa shape index (κ1) is 11.9. The number of morpholine rings is 1. The van der Waals surface area contributed by atoms with Crippen LogP contribution in [0.3, 0.4) is 0 Å². The van der Waals surface area contributed by atoms with Crippen LogP contribution in [0.5, 0.6) is 5.75 Å². The highest BCUT2D eigenvalue weighted by Crippen LogP contribution is 2.13. The molecule has 0 saturated carbocycles. The van der Waals surface area contributed by atoms with Crippen molar-refractivity contribution in [1.82, 2.24) is 4.90 Å². The highest BCUT2D eigenvalue weighted by molar-refractivity contribution is 5.34. The Morgan fingerprint density at radius 1 is 1.47 bits per heavy atom. The van der Waals surface area contributed by atoms with Gasteiger partial charge in [-0.1, -0.05) is 0 Å². The van der Waals surface area contributed by atoms with Gasteiger partial charge in [-0.25, -0.2) is 0 Å². The van der Waals surface area contributed by atoms with Gasteiger partial charge in [0.05, 0.1) is 18.2 Å². The first-order chi connectivity index (χ1) is 8.28. The quantitative estimate of drug-likeness (QED) is 0.787. The zero-order chi connectivity index (χ0) is 12.1. The highest BCUT2D eigenvalue weighted by Gasteiger charge is 2.17. The molecule has 1 aromatic carbocycles. The molecule has 0 aliphatic carbocycles. The van der Waals surface area contributed by atoms with E-state index in [2.05, 4.69) is 18.0 Å². The first-order valence-electron chi connectivity index (χ1n) is 5.71. The number of hydrogen-bond acceptors (Lipinski definition) is 4. The Hall–Kier alpha value is -1.57. The molecule has 1 atom stereocenters. The fraction of sp³-hybridized carbons (Fsp3) is 0.462. The second-order valence-electron chi connectivity index (χ2n) is 4.20. The summed E-state index contributed by atoms with van der Waals surface area (Å²) in [4.78, 5) is 2.23. The minimum absolute atomic E-state index is 0.129. The maximum Gasteiger partial charge on any atom is 0.119 e. The molecule has 1 fully saturated rings. The van der Waals surface area contributed by atoms with Gasteiger partial charge in [0, 0.05) is 13.1 Å². The van der Waals surface area contributed by atoms with Crippen LogP contribution in [0.25, 0.3) is 0 Å². The van der Waals surface area contributed by atoms with E-state index in [-0.39, 0.29) is 6.10 Å². The maximum absolute atomic E-state index is 8.68. The van der Waals surface area contributed by atoms with Crippen LogP contribution in [0.15, 0.2) is 24.3 Å². The normalized spacial score (nSPS) is 20.8. The van der Waals surface area contributed by atoms with Gasteiger partial charge >= 0.3 is 0 Å². The molecule has 0 amide bonds. The largest absolute Gasteiger partial charge is 0.491 e. The van der Waals surface area contributed by atoms with Crippen LogP contribution in [0.4, 0.5) is 0 Å². The van der Waals surface area contributed by atoms with Gasteiger partial charge < -0.3 is 14.4 Å². The summed E-state index contributed by atoms with van der Waals surface area (Å²) in [6.45, 7) is 3.19. The Labute approximate surface area is 101 Å². The van der Waals surface area contributed by atoms with Crippen molar-refractivity contribution in [3.8, 4) is 11.8 Å². The summed E-state index contributed by atoms with van der Waals surface area (Å²) in [6.07, 6.45) is 0.129. The molecular weight excluding hydrogens is 216 g/mol. The SMILES string of the molecule is CN1CCOC(COc2ccc(C#N)cc2)C1. The summed E-state index contributed by atoms with van der Waals surface area (Å²) < 4.78 is 11.2. The molecule has 17 heavy (non-hydrogen) atoms. The van der Waals surface area contributed by atoms with Gasteiger partial charge in [0.2, 0.25) is 0 Å². The van der Waals surface area contributed by atoms with Crippen molar-refractivity contribution in [2.24, 2.45) is 0 Å². The van der Waals surface area contributed by atoms with Crippen molar-refractivity contribution in [2.75, 3.05) is 33.4 Å². The third kappa shape index (κ3) is 3.45. The zero-order valence-corrected chi connectivity index (χ0v) is 9.93. The second-order valence-corrected chi connectivity index (χ2v) is 4.20. The monoisotopic (exact) mass is 232 g/mol. The number of nitriles is 1. The standard InChI is InChI=1S/C13H16N2O2/c1-15-6-7-16-13(9-15)10-17-12-4-2-11(8-14)3-5-12/h2-5,13H,6-7,9-10H2,1H3. The lowest BCUT2D eigenvalue weighted by atomic mass is 10.2. The number of ether oxygens (including phenoxy) is 2. The number of nitrogens with zero attached hydrogens (tertiary/aromatic N) is 2. The van der Waals surface area contributed by atoms with Gasteiger partial charge in [0.25, 0.3) is 0 Å². The molecule has 1 aliphatic rings. The molecule has 1 aliphatic heterocycles. The summed E-state index contributed by atoms with van der Waals surface area (Å²) in [7, 11) is 2.08. The van der Waals surface area contributed by atoms with E-state index in [1.165, 1.54) is 0 Å². The lowest BCUT2D eigenvalue weighted by Gasteiger charge is -2.29. The molecule has 1 aromatic rings. The molecule has 1 unspecified atom stereocenters. The summed E-state index contributed by atoms with van der Waals surface area (Å²) >= 11 is 0. The third-order valence-electron chi connectivity index (χ3n) is 2.76. The van der Waals surface area contributed by atoms with Gasteiger partial charge in [0.15, 0.2) is 0 Å². The fourth-order valence-electron chi connectivity index (χ4n) is 1.78. The summed E-state index contributed by atoms with van der Waals surface area (Å²) in [5.74, 6) is 0.779. The Morgan fingerprint density at radius 3 is 2.88 bits per heavy atom. The number of rotatable bonds is 3. The highest BCUT2D eigenvalue weighted by atomic mass is 16.5. The molecule has 1 heterocycles. The smallest absolute Gasteiger partial charge is 0.119 e. The van der Waals surface area contributed by atoms with Crippen LogP contribution in [0, 0.1) is 11.3 Å². The Bertz CT molecular complexity index is 397. The van der Waals surface area contributed by atoms with Gasteiger partial charge in [-0.3, -0.25) is 0 Å². The Morgan fingerprint density at radius 2 is 2.24 bits per heavy atom. The van der Waals surface area contributed by atoms with Crippen molar-refractivity contribution >= 4 is 0 Å². The minimum Gasteiger partial charge on any atom is -0.491 e. The van der Waals surface area contributed by atoms with Crippen molar-refractivity contribution in [2.45, 2.75) is 6.10 Å². The fourth-order valence-corrected chi connectivity index (χ4v) is 1.78. The van der Waals surface area contributed by atoms with Crippen LogP contribution >= 0.6 is 0 Å². The molecule has 0 N–H and O–H groups in total. The Balaban J connectivity index is 1.83. The summed E-state index contributed by atoms with van der Waals surface area (Å²) in [5.41, 5.74) is 0.644. The molecular formula is C13H16N2O2. The van der Waals surface area contributed by atoms with Crippen LogP contribution in [0.2, 0.25) is 0 Å². The van der Waals surface area contributed by atoms with E-state index < -0.39 is 0 Å². The van der Waals surface area contributed by atoms with Crippen molar-refractivity contribution < 1.29 is 9.47 Å². The van der Waals surface area contributed by atoms with Gasteiger partial charge in [-0.15, -0.1) is 0 Å². The molecule has 4 heteroatoms. The van der Waals surface area contributed by atoms with E-state index in [1.807, 2.05) is 12.1 Å². The van der Waals surface area contributed by atoms with Crippen molar-refractivity contribution in [3.63, 3.8) is 0 Å². The third-order valence-corrected chi connectivity index (χ3v) is 2.76. The van der Waals surface area contributed by atoms with Gasteiger partial charge in [0.1, 0.15) is 18.5 Å². The van der Waals surface area contributed by atoms with Crippen molar-refractivity contribution in [3.05, 3.63) is 29.8 Å². The topological polar surface area (TPSA) is 45.5 Å². The molecule has 90 valence electrons. The number of hydrogen-bond donors (Lipinski definition) is 0. The molecule has 0 spiro atoms. The summed E-state index contributed by atoms with van der Waals surface area (Å²) in [5, 5.41) is 8.68. The molecule has 1 saturated heterocycles. The average molecular weight is 232 g/mol. The predicted octanol–water partition coefficient (Wildman–Crippen LogP) is 1.27. The second kappa shape index (κ2) is 5.67. The van der Waals surface area contributed by atoms with E-state index in [9.17, 15) is 0 Å². The van der Waals surface area contributed by atoms with E-state index in [0.717, 1.165) is 25.4 Å². The molecule has 0 radical (unpaired) electrons. The minimum atomic E-state index is 0.129. The first-order valence-corrected chi connectivity index (χ1v) is 5.71. The van der Waals surface area contributed by atoms with E-state index in [4.69, 9.17) is 14.7 Å². The molecule has 4 nitrogen and oxygen atoms in total. The van der Waals surface area contributed by atoms with E-state index in [1.54, 1.807) is 12.1 Å². The maximum atomic E-state index is 8.68. The van der Waals surface area contributed by atoms with Crippen LogP contribution in [-0.4, -0.2) is 44.4 Å². The van der Waals surface area contributed by atoms with Crippen LogP contribution < -0.4 is 4.74 Å². The lowest BCUT2D eigenvalue weighted by Crippen LogP contribution is -2.42. The zero-order valence-electron chi connectivity index (χ0n) is 9.93. The van der Waals surface area contributed by atoms with Crippen LogP contribution in [0.1, 0.15) is 5.56 Å². The predicted molar refractivity (Wildman–Crippen MR) is 63.9 cm³/mol. The number of likely N-dealkylation sites (N-methyl/N-ethyl adjacent to an activating group) is 1. The van der Waals surface area contributed by atoms with Crippen molar-refractivity contribution in [1.29, 1.82) is 5.26 Å². The van der Waals surface area contributed by atoms with E-state index >= 15 is 0 Å². The van der Waals surface area contributed by atoms with E-state index in [0.29, 0.717) is 12.2 Å². The Kier molecular flexibility index (Phi) is 3.97. The summed E-state index contributed by atoms with van der Waals surface area (Å²) in [6, 6.07) is 9.21. The molecule has 0 aromatic heterocycles. The molecule has 0 bridgehead atoms. The van der Waals surface area contributed by atoms with Crippen LogP contribution in [-0.2, 0) is 4.74 Å². The average Bonchev–Trinajstić information content (AvgIpc) is 2.37.